The van der Waals surface area contributed by atoms with Gasteiger partial charge in [-0.25, -0.2) is 14.8 Å². The standard InChI is InChI=1S/C18H18ClN5O3/c1-9-8-12(14-10(2)23-24(4)16(14)21-9)18(26)27-11(3)17(25)22-13-6-5-7-20-15(13)19/h5-8,11H,1-4H3,(H,22,25). The van der Waals surface area contributed by atoms with E-state index in [0.29, 0.717) is 33.7 Å². The molecule has 0 saturated carbocycles. The van der Waals surface area contributed by atoms with Crippen molar-refractivity contribution in [2.24, 2.45) is 7.05 Å². The number of ether oxygens (including phenoxy) is 1. The summed E-state index contributed by atoms with van der Waals surface area (Å²) < 4.78 is 6.96. The molecular weight excluding hydrogens is 370 g/mol. The molecule has 0 bridgehead atoms. The lowest BCUT2D eigenvalue weighted by molar-refractivity contribution is -0.123. The maximum absolute atomic E-state index is 12.7. The summed E-state index contributed by atoms with van der Waals surface area (Å²) in [5.41, 5.74) is 2.56. The van der Waals surface area contributed by atoms with Crippen LogP contribution in [0.15, 0.2) is 24.4 Å². The number of pyridine rings is 2. The van der Waals surface area contributed by atoms with Crippen molar-refractivity contribution in [3.8, 4) is 0 Å². The van der Waals surface area contributed by atoms with Gasteiger partial charge in [-0.1, -0.05) is 11.6 Å². The van der Waals surface area contributed by atoms with E-state index in [2.05, 4.69) is 20.4 Å². The Morgan fingerprint density at radius 1 is 1.33 bits per heavy atom. The van der Waals surface area contributed by atoms with Crippen molar-refractivity contribution >= 4 is 40.2 Å². The molecule has 3 heterocycles. The monoisotopic (exact) mass is 387 g/mol. The number of rotatable bonds is 4. The Morgan fingerprint density at radius 3 is 2.78 bits per heavy atom. The van der Waals surface area contributed by atoms with Crippen molar-refractivity contribution in [2.45, 2.75) is 26.9 Å². The minimum atomic E-state index is -1.03. The van der Waals surface area contributed by atoms with Crippen molar-refractivity contribution in [3.05, 3.63) is 46.5 Å². The van der Waals surface area contributed by atoms with Gasteiger partial charge >= 0.3 is 5.97 Å². The summed E-state index contributed by atoms with van der Waals surface area (Å²) in [6, 6.07) is 4.87. The molecule has 0 aliphatic heterocycles. The predicted octanol–water partition coefficient (Wildman–Crippen LogP) is 2.82. The first-order valence-corrected chi connectivity index (χ1v) is 8.59. The molecule has 1 atom stereocenters. The van der Waals surface area contributed by atoms with Crippen LogP contribution in [0.1, 0.15) is 28.7 Å². The van der Waals surface area contributed by atoms with Crippen molar-refractivity contribution in [3.63, 3.8) is 0 Å². The Hall–Kier alpha value is -3.00. The fourth-order valence-electron chi connectivity index (χ4n) is 2.72. The van der Waals surface area contributed by atoms with Gasteiger partial charge in [-0.2, -0.15) is 5.10 Å². The summed E-state index contributed by atoms with van der Waals surface area (Å²) in [6.45, 7) is 5.05. The predicted molar refractivity (Wildman–Crippen MR) is 101 cm³/mol. The van der Waals surface area contributed by atoms with E-state index in [4.69, 9.17) is 16.3 Å². The zero-order chi connectivity index (χ0) is 19.7. The first kappa shape index (κ1) is 18.8. The molecule has 0 saturated heterocycles. The van der Waals surface area contributed by atoms with Crippen LogP contribution in [0.5, 0.6) is 0 Å². The Labute approximate surface area is 160 Å². The molecule has 140 valence electrons. The van der Waals surface area contributed by atoms with Crippen molar-refractivity contribution in [1.29, 1.82) is 0 Å². The first-order chi connectivity index (χ1) is 12.8. The van der Waals surface area contributed by atoms with E-state index < -0.39 is 18.0 Å². The van der Waals surface area contributed by atoms with Crippen molar-refractivity contribution in [2.75, 3.05) is 5.32 Å². The van der Waals surface area contributed by atoms with Gasteiger partial charge in [0.15, 0.2) is 16.9 Å². The molecule has 1 amide bonds. The quantitative estimate of drug-likeness (QED) is 0.546. The number of hydrogen-bond acceptors (Lipinski definition) is 6. The van der Waals surface area contributed by atoms with Crippen LogP contribution in [0.25, 0.3) is 11.0 Å². The second kappa shape index (κ2) is 7.32. The summed E-state index contributed by atoms with van der Waals surface area (Å²) in [4.78, 5) is 33.3. The van der Waals surface area contributed by atoms with E-state index in [-0.39, 0.29) is 5.15 Å². The number of aromatic nitrogens is 4. The average molecular weight is 388 g/mol. The van der Waals surface area contributed by atoms with Crippen molar-refractivity contribution in [1.82, 2.24) is 19.7 Å². The van der Waals surface area contributed by atoms with E-state index in [1.807, 2.05) is 0 Å². The number of esters is 1. The number of fused-ring (bicyclic) bond motifs is 1. The summed E-state index contributed by atoms with van der Waals surface area (Å²) >= 11 is 5.93. The van der Waals surface area contributed by atoms with Gasteiger partial charge in [0.1, 0.15) is 0 Å². The van der Waals surface area contributed by atoms with Crippen LogP contribution >= 0.6 is 11.6 Å². The Kier molecular flexibility index (Phi) is 5.09. The van der Waals surface area contributed by atoms with Gasteiger partial charge in [0.05, 0.1) is 22.3 Å². The maximum atomic E-state index is 12.7. The lowest BCUT2D eigenvalue weighted by Crippen LogP contribution is -2.30. The van der Waals surface area contributed by atoms with Crippen LogP contribution < -0.4 is 5.32 Å². The third-order valence-corrected chi connectivity index (χ3v) is 4.29. The maximum Gasteiger partial charge on any atom is 0.339 e. The van der Waals surface area contributed by atoms with Gasteiger partial charge in [-0.3, -0.25) is 9.48 Å². The number of carbonyl (C=O) groups excluding carboxylic acids is 2. The number of nitrogens with one attached hydrogen (secondary N) is 1. The molecule has 0 aliphatic carbocycles. The molecule has 8 nitrogen and oxygen atoms in total. The zero-order valence-corrected chi connectivity index (χ0v) is 16.0. The highest BCUT2D eigenvalue weighted by Crippen LogP contribution is 2.23. The van der Waals surface area contributed by atoms with Crippen molar-refractivity contribution < 1.29 is 14.3 Å². The smallest absolute Gasteiger partial charge is 0.339 e. The molecule has 1 unspecified atom stereocenters. The molecule has 0 spiro atoms. The molecular formula is C18H18ClN5O3. The molecule has 0 fully saturated rings. The lowest BCUT2D eigenvalue weighted by Gasteiger charge is -2.14. The number of amides is 1. The van der Waals surface area contributed by atoms with Gasteiger partial charge in [-0.05, 0) is 39.0 Å². The molecule has 0 aliphatic rings. The summed E-state index contributed by atoms with van der Waals surface area (Å²) in [5.74, 6) is -1.13. The highest BCUT2D eigenvalue weighted by atomic mass is 35.5. The summed E-state index contributed by atoms with van der Waals surface area (Å²) in [6.07, 6.45) is 0.476. The number of carbonyl (C=O) groups is 2. The van der Waals surface area contributed by atoms with E-state index in [9.17, 15) is 9.59 Å². The molecule has 0 radical (unpaired) electrons. The summed E-state index contributed by atoms with van der Waals surface area (Å²) in [7, 11) is 1.75. The molecule has 3 aromatic rings. The fraction of sp³-hybridized carbons (Fsp3) is 0.278. The minimum absolute atomic E-state index is 0.154. The molecule has 27 heavy (non-hydrogen) atoms. The van der Waals surface area contributed by atoms with Gasteiger partial charge in [0.25, 0.3) is 5.91 Å². The van der Waals surface area contributed by atoms with Gasteiger partial charge in [0, 0.05) is 18.9 Å². The SMILES string of the molecule is Cc1cc(C(=O)OC(C)C(=O)Nc2cccnc2Cl)c2c(C)nn(C)c2n1. The van der Waals surface area contributed by atoms with E-state index in [1.165, 1.54) is 13.1 Å². The topological polar surface area (TPSA) is 99.0 Å². The first-order valence-electron chi connectivity index (χ1n) is 8.21. The Bertz CT molecular complexity index is 1050. The second-order valence-corrected chi connectivity index (χ2v) is 6.46. The Morgan fingerprint density at radius 2 is 2.07 bits per heavy atom. The summed E-state index contributed by atoms with van der Waals surface area (Å²) in [5, 5.41) is 7.65. The number of halogens is 1. The number of nitrogens with zero attached hydrogens (tertiary/aromatic N) is 4. The van der Waals surface area contributed by atoms with Crippen LogP contribution in [0.3, 0.4) is 0 Å². The van der Waals surface area contributed by atoms with Gasteiger partial charge in [-0.15, -0.1) is 0 Å². The van der Waals surface area contributed by atoms with Crippen LogP contribution in [0, 0.1) is 13.8 Å². The van der Waals surface area contributed by atoms with Crippen LogP contribution in [0.4, 0.5) is 5.69 Å². The highest BCUT2D eigenvalue weighted by molar-refractivity contribution is 6.32. The zero-order valence-electron chi connectivity index (χ0n) is 15.3. The normalized spacial score (nSPS) is 12.0. The van der Waals surface area contributed by atoms with E-state index in [0.717, 1.165) is 0 Å². The van der Waals surface area contributed by atoms with E-state index in [1.54, 1.807) is 43.8 Å². The second-order valence-electron chi connectivity index (χ2n) is 6.10. The van der Waals surface area contributed by atoms with Gasteiger partial charge < -0.3 is 10.1 Å². The molecule has 9 heteroatoms. The lowest BCUT2D eigenvalue weighted by atomic mass is 10.1. The van der Waals surface area contributed by atoms with Crippen LogP contribution in [0.2, 0.25) is 5.15 Å². The van der Waals surface area contributed by atoms with E-state index >= 15 is 0 Å². The third-order valence-electron chi connectivity index (χ3n) is 3.99. The fourth-order valence-corrected chi connectivity index (χ4v) is 2.89. The van der Waals surface area contributed by atoms with Crippen LogP contribution in [-0.2, 0) is 16.6 Å². The largest absolute Gasteiger partial charge is 0.449 e. The molecule has 1 N–H and O–H groups in total. The number of aryl methyl sites for hydroxylation is 3. The Balaban J connectivity index is 1.82. The number of hydrogen-bond donors (Lipinski definition) is 1. The molecule has 3 rings (SSSR count). The number of anilines is 1. The third kappa shape index (κ3) is 3.75. The average Bonchev–Trinajstić information content (AvgIpc) is 2.90. The van der Waals surface area contributed by atoms with Gasteiger partial charge in [0.2, 0.25) is 0 Å². The minimum Gasteiger partial charge on any atom is -0.449 e. The van der Waals surface area contributed by atoms with Crippen LogP contribution in [-0.4, -0.2) is 37.7 Å². The molecule has 3 aromatic heterocycles. The highest BCUT2D eigenvalue weighted by Gasteiger charge is 2.24. The molecule has 0 aromatic carbocycles.